The Labute approximate surface area is 91.4 Å². The quantitative estimate of drug-likeness (QED) is 0.842. The highest BCUT2D eigenvalue weighted by Gasteiger charge is 1.96. The maximum atomic E-state index is 11.0. The fourth-order valence-corrected chi connectivity index (χ4v) is 1.77. The summed E-state index contributed by atoms with van der Waals surface area (Å²) in [5.74, 6) is 0. The molecule has 0 aliphatic rings. The van der Waals surface area contributed by atoms with Crippen LogP contribution >= 0.6 is 11.3 Å². The number of nitrogens with zero attached hydrogens (tertiary/aromatic N) is 1. The van der Waals surface area contributed by atoms with Gasteiger partial charge in [0.25, 0.3) is 5.56 Å². The van der Waals surface area contributed by atoms with Gasteiger partial charge in [-0.15, -0.1) is 11.3 Å². The molecule has 0 atom stereocenters. The normalized spacial score (nSPS) is 9.93. The van der Waals surface area contributed by atoms with Crippen molar-refractivity contribution < 1.29 is 0 Å². The van der Waals surface area contributed by atoms with Gasteiger partial charge in [0, 0.05) is 11.8 Å². The molecule has 1 heterocycles. The average molecular weight is 218 g/mol. The summed E-state index contributed by atoms with van der Waals surface area (Å²) in [6.07, 6.45) is 0. The first-order valence-corrected chi connectivity index (χ1v) is 5.41. The molecule has 76 valence electrons. The third-order valence-corrected chi connectivity index (χ3v) is 2.59. The molecule has 0 saturated carbocycles. The summed E-state index contributed by atoms with van der Waals surface area (Å²) < 4.78 is 0. The molecule has 0 spiro atoms. The van der Waals surface area contributed by atoms with E-state index in [4.69, 9.17) is 0 Å². The molecule has 3 nitrogen and oxygen atoms in total. The fourth-order valence-electron chi connectivity index (χ4n) is 1.14. The molecule has 2 aromatic rings. The van der Waals surface area contributed by atoms with Crippen molar-refractivity contribution in [3.05, 3.63) is 51.6 Å². The molecule has 0 bridgehead atoms. The summed E-state index contributed by atoms with van der Waals surface area (Å²) in [7, 11) is 0. The average Bonchev–Trinajstić information content (AvgIpc) is 2.22. The molecule has 15 heavy (non-hydrogen) atoms. The standard InChI is InChI=1S/C11H10N2OS/c1-8-2-4-9(5-3-8)12-11-13-10(14)6-7-15-11/h2-7H,1H3,(H,12,13,14). The highest BCUT2D eigenvalue weighted by molar-refractivity contribution is 7.13. The van der Waals surface area contributed by atoms with Crippen molar-refractivity contribution in [1.29, 1.82) is 0 Å². The van der Waals surface area contributed by atoms with E-state index in [-0.39, 0.29) is 5.56 Å². The molecule has 1 N–H and O–H groups in total. The second kappa shape index (κ2) is 4.23. The topological polar surface area (TPSA) is 42.0 Å². The number of benzene rings is 1. The lowest BCUT2D eigenvalue weighted by Crippen LogP contribution is -2.04. The Morgan fingerprint density at radius 3 is 2.60 bits per heavy atom. The summed E-state index contributed by atoms with van der Waals surface area (Å²) in [6.45, 7) is 2.03. The Bertz CT molecular complexity index is 504. The van der Waals surface area contributed by atoms with Gasteiger partial charge >= 0.3 is 0 Å². The van der Waals surface area contributed by atoms with Crippen LogP contribution in [0.4, 0.5) is 10.8 Å². The molecule has 0 amide bonds. The van der Waals surface area contributed by atoms with E-state index >= 15 is 0 Å². The third kappa shape index (κ3) is 2.63. The number of hydrogen-bond donors (Lipinski definition) is 1. The third-order valence-electron chi connectivity index (χ3n) is 1.90. The first kappa shape index (κ1) is 9.86. The predicted octanol–water partition coefficient (Wildman–Crippen LogP) is 2.56. The largest absolute Gasteiger partial charge is 0.331 e. The molecule has 1 aromatic carbocycles. The molecular weight excluding hydrogens is 208 g/mol. The van der Waals surface area contributed by atoms with E-state index in [0.717, 1.165) is 5.69 Å². The van der Waals surface area contributed by atoms with Crippen molar-refractivity contribution in [2.24, 2.45) is 0 Å². The van der Waals surface area contributed by atoms with Crippen molar-refractivity contribution in [3.8, 4) is 0 Å². The smallest absolute Gasteiger partial charge is 0.273 e. The Kier molecular flexibility index (Phi) is 2.78. The van der Waals surface area contributed by atoms with E-state index in [1.54, 1.807) is 5.38 Å². The van der Waals surface area contributed by atoms with Gasteiger partial charge in [-0.25, -0.2) is 0 Å². The van der Waals surface area contributed by atoms with E-state index in [9.17, 15) is 4.79 Å². The number of nitrogens with one attached hydrogen (secondary N) is 1. The summed E-state index contributed by atoms with van der Waals surface area (Å²) in [6, 6.07) is 9.38. The first-order chi connectivity index (χ1) is 7.24. The Morgan fingerprint density at radius 2 is 1.93 bits per heavy atom. The second-order valence-electron chi connectivity index (χ2n) is 3.17. The Hall–Kier alpha value is -1.68. The van der Waals surface area contributed by atoms with Crippen LogP contribution in [0.5, 0.6) is 0 Å². The zero-order chi connectivity index (χ0) is 10.7. The molecule has 0 fully saturated rings. The lowest BCUT2D eigenvalue weighted by molar-refractivity contribution is 1.27. The van der Waals surface area contributed by atoms with Crippen LogP contribution in [0.1, 0.15) is 5.56 Å². The van der Waals surface area contributed by atoms with Gasteiger partial charge in [0.1, 0.15) is 0 Å². The van der Waals surface area contributed by atoms with E-state index < -0.39 is 0 Å². The Morgan fingerprint density at radius 1 is 1.20 bits per heavy atom. The minimum absolute atomic E-state index is 0.219. The fraction of sp³-hybridized carbons (Fsp3) is 0.0909. The maximum Gasteiger partial charge on any atom is 0.273 e. The van der Waals surface area contributed by atoms with Gasteiger partial charge in [-0.2, -0.15) is 4.98 Å². The van der Waals surface area contributed by atoms with E-state index in [1.807, 2.05) is 31.2 Å². The van der Waals surface area contributed by atoms with Gasteiger partial charge in [-0.05, 0) is 24.4 Å². The summed E-state index contributed by atoms with van der Waals surface area (Å²) in [5.41, 5.74) is 1.92. The van der Waals surface area contributed by atoms with Crippen LogP contribution in [0.3, 0.4) is 0 Å². The van der Waals surface area contributed by atoms with Gasteiger partial charge < -0.3 is 5.32 Å². The van der Waals surface area contributed by atoms with Crippen LogP contribution in [-0.2, 0) is 0 Å². The molecule has 2 rings (SSSR count). The van der Waals surface area contributed by atoms with Crippen molar-refractivity contribution >= 4 is 22.2 Å². The number of aromatic nitrogens is 1. The lowest BCUT2D eigenvalue weighted by atomic mass is 10.2. The molecule has 0 saturated heterocycles. The van der Waals surface area contributed by atoms with Crippen molar-refractivity contribution in [3.63, 3.8) is 0 Å². The minimum Gasteiger partial charge on any atom is -0.331 e. The molecule has 0 radical (unpaired) electrons. The molecule has 4 heteroatoms. The molecule has 1 aromatic heterocycles. The molecule has 0 unspecified atom stereocenters. The van der Waals surface area contributed by atoms with Crippen LogP contribution in [0.2, 0.25) is 0 Å². The summed E-state index contributed by atoms with van der Waals surface area (Å²) in [4.78, 5) is 14.8. The second-order valence-corrected chi connectivity index (χ2v) is 4.06. The van der Waals surface area contributed by atoms with Crippen molar-refractivity contribution in [2.45, 2.75) is 6.92 Å². The summed E-state index contributed by atoms with van der Waals surface area (Å²) >= 11 is 1.40. The minimum atomic E-state index is -0.219. The zero-order valence-corrected chi connectivity index (χ0v) is 9.04. The van der Waals surface area contributed by atoms with Gasteiger partial charge in [0.05, 0.1) is 0 Å². The molecule has 0 aliphatic heterocycles. The number of hydrogen-bond acceptors (Lipinski definition) is 4. The van der Waals surface area contributed by atoms with Crippen LogP contribution in [0.25, 0.3) is 0 Å². The van der Waals surface area contributed by atoms with E-state index in [2.05, 4.69) is 10.3 Å². The van der Waals surface area contributed by atoms with Gasteiger partial charge in [-0.3, -0.25) is 4.79 Å². The van der Waals surface area contributed by atoms with Crippen molar-refractivity contribution in [2.75, 3.05) is 5.32 Å². The first-order valence-electron chi connectivity index (χ1n) is 4.53. The maximum absolute atomic E-state index is 11.0. The summed E-state index contributed by atoms with van der Waals surface area (Å²) in [5, 5.41) is 5.42. The monoisotopic (exact) mass is 218 g/mol. The van der Waals surface area contributed by atoms with Gasteiger partial charge in [0.2, 0.25) is 0 Å². The molecular formula is C11H10N2OS. The molecule has 0 aliphatic carbocycles. The van der Waals surface area contributed by atoms with Crippen molar-refractivity contribution in [1.82, 2.24) is 4.98 Å². The van der Waals surface area contributed by atoms with Crippen LogP contribution in [0, 0.1) is 6.92 Å². The van der Waals surface area contributed by atoms with Crippen LogP contribution in [0.15, 0.2) is 40.5 Å². The zero-order valence-electron chi connectivity index (χ0n) is 8.23. The van der Waals surface area contributed by atoms with Crippen LogP contribution in [-0.4, -0.2) is 4.98 Å². The van der Waals surface area contributed by atoms with E-state index in [0.29, 0.717) is 5.13 Å². The van der Waals surface area contributed by atoms with Crippen LogP contribution < -0.4 is 10.9 Å². The highest BCUT2D eigenvalue weighted by Crippen LogP contribution is 2.16. The lowest BCUT2D eigenvalue weighted by Gasteiger charge is -2.03. The predicted molar refractivity (Wildman–Crippen MR) is 62.8 cm³/mol. The number of aryl methyl sites for hydroxylation is 1. The SMILES string of the molecule is Cc1ccc(Nc2nc(=O)ccs2)cc1. The number of anilines is 2. The number of rotatable bonds is 2. The highest BCUT2D eigenvalue weighted by atomic mass is 32.1. The van der Waals surface area contributed by atoms with E-state index in [1.165, 1.54) is 23.0 Å². The van der Waals surface area contributed by atoms with Gasteiger partial charge in [-0.1, -0.05) is 17.7 Å². The Balaban J connectivity index is 2.22. The van der Waals surface area contributed by atoms with Gasteiger partial charge in [0.15, 0.2) is 5.13 Å².